The monoisotopic (exact) mass is 622 g/mol. The molecule has 0 saturated carbocycles. The zero-order valence-electron chi connectivity index (χ0n) is 10.4. The Kier molecular flexibility index (Phi) is 4.83. The molecule has 0 fully saturated rings. The fourth-order valence-corrected chi connectivity index (χ4v) is 15.5. The third kappa shape index (κ3) is 2.98. The van der Waals surface area contributed by atoms with E-state index in [9.17, 15) is 0 Å². The van der Waals surface area contributed by atoms with Crippen LogP contribution in [0, 0.1) is 0 Å². The third-order valence-corrected chi connectivity index (χ3v) is 21.6. The fraction of sp³-hybridized carbons (Fsp3) is 0. The number of rotatable bonds is 2. The van der Waals surface area contributed by atoms with Crippen LogP contribution in [0.4, 0.5) is 0 Å². The van der Waals surface area contributed by atoms with E-state index >= 15 is 0 Å². The van der Waals surface area contributed by atoms with E-state index in [1.54, 1.807) is 0 Å². The standard InChI is InChI=1S/C16H11ClI2Te/c17-15(12-6-2-1-3-7-12)11-14-10-13-8-4-5-9-16(13)20(14,18)19/h1-11H/b15-11-. The van der Waals surface area contributed by atoms with Gasteiger partial charge < -0.3 is 0 Å². The van der Waals surface area contributed by atoms with E-state index in [-0.39, 0.29) is 0 Å². The Labute approximate surface area is 147 Å². The van der Waals surface area contributed by atoms with Gasteiger partial charge in [-0.25, -0.2) is 0 Å². The van der Waals surface area contributed by atoms with E-state index in [0.717, 1.165) is 10.6 Å². The summed E-state index contributed by atoms with van der Waals surface area (Å²) in [5.41, 5.74) is 2.44. The van der Waals surface area contributed by atoms with Gasteiger partial charge in [0.2, 0.25) is 0 Å². The minimum atomic E-state index is -2.23. The molecule has 0 radical (unpaired) electrons. The van der Waals surface area contributed by atoms with Gasteiger partial charge in [-0.1, -0.05) is 0 Å². The molecule has 0 N–H and O–H groups in total. The number of benzene rings is 2. The summed E-state index contributed by atoms with van der Waals surface area (Å²) in [7, 11) is -2.23. The van der Waals surface area contributed by atoms with Gasteiger partial charge in [-0.2, -0.15) is 0 Å². The maximum atomic E-state index is 6.50. The summed E-state index contributed by atoms with van der Waals surface area (Å²) in [5, 5.41) is 0.827. The van der Waals surface area contributed by atoms with Gasteiger partial charge in [0.15, 0.2) is 0 Å². The van der Waals surface area contributed by atoms with Gasteiger partial charge in [-0.15, -0.1) is 0 Å². The van der Waals surface area contributed by atoms with Gasteiger partial charge in [-0.3, -0.25) is 0 Å². The number of hydrogen-bond donors (Lipinski definition) is 0. The Morgan fingerprint density at radius 2 is 1.60 bits per heavy atom. The van der Waals surface area contributed by atoms with Crippen molar-refractivity contribution in [2.75, 3.05) is 0 Å². The summed E-state index contributed by atoms with van der Waals surface area (Å²) in [6, 6.07) is 18.9. The van der Waals surface area contributed by atoms with Crippen molar-refractivity contribution in [3.8, 4) is 0 Å². The summed E-state index contributed by atoms with van der Waals surface area (Å²) < 4.78 is 2.95. The topological polar surface area (TPSA) is 0 Å². The van der Waals surface area contributed by atoms with Crippen molar-refractivity contribution in [2.45, 2.75) is 0 Å². The number of allylic oxidation sites excluding steroid dienone is 2. The zero-order chi connectivity index (χ0) is 14.2. The molecule has 20 heavy (non-hydrogen) atoms. The predicted octanol–water partition coefficient (Wildman–Crippen LogP) is 5.42. The van der Waals surface area contributed by atoms with Crippen molar-refractivity contribution in [1.82, 2.24) is 0 Å². The Morgan fingerprint density at radius 1 is 0.950 bits per heavy atom. The van der Waals surface area contributed by atoms with Crippen LogP contribution in [0.25, 0.3) is 11.1 Å². The molecule has 102 valence electrons. The predicted molar refractivity (Wildman–Crippen MR) is 108 cm³/mol. The van der Waals surface area contributed by atoms with Gasteiger partial charge in [0.05, 0.1) is 0 Å². The Morgan fingerprint density at radius 3 is 2.30 bits per heavy atom. The van der Waals surface area contributed by atoms with Gasteiger partial charge in [0.1, 0.15) is 0 Å². The van der Waals surface area contributed by atoms with Crippen LogP contribution >= 0.6 is 49.0 Å². The van der Waals surface area contributed by atoms with E-state index in [0.29, 0.717) is 0 Å². The molecule has 0 spiro atoms. The molecule has 0 aliphatic carbocycles. The van der Waals surface area contributed by atoms with E-state index in [4.69, 9.17) is 11.6 Å². The van der Waals surface area contributed by atoms with E-state index in [1.807, 2.05) is 18.2 Å². The van der Waals surface area contributed by atoms with Gasteiger partial charge in [0, 0.05) is 0 Å². The van der Waals surface area contributed by atoms with Crippen molar-refractivity contribution in [1.29, 1.82) is 0 Å². The molecule has 1 aliphatic heterocycles. The first-order chi connectivity index (χ1) is 9.59. The normalized spacial score (nSPS) is 18.4. The first-order valence-corrected chi connectivity index (χ1v) is 22.3. The number of halogens is 3. The molecule has 0 aromatic heterocycles. The zero-order valence-corrected chi connectivity index (χ0v) is 17.8. The number of hydrogen-bond acceptors (Lipinski definition) is 0. The van der Waals surface area contributed by atoms with Crippen LogP contribution in [-0.4, -0.2) is 10.3 Å². The van der Waals surface area contributed by atoms with Gasteiger partial charge in [-0.05, 0) is 0 Å². The molecule has 0 unspecified atom stereocenters. The summed E-state index contributed by atoms with van der Waals surface area (Å²) in [5.74, 6) is 0. The molecule has 1 heterocycles. The van der Waals surface area contributed by atoms with Crippen molar-refractivity contribution < 1.29 is 0 Å². The molecule has 1 aliphatic rings. The third-order valence-electron chi connectivity index (χ3n) is 3.11. The van der Waals surface area contributed by atoms with Crippen molar-refractivity contribution in [3.63, 3.8) is 0 Å². The Bertz CT molecular complexity index is 705. The second-order valence-corrected chi connectivity index (χ2v) is 39.1. The maximum absolute atomic E-state index is 6.50. The van der Waals surface area contributed by atoms with Crippen molar-refractivity contribution in [3.05, 3.63) is 75.4 Å². The molecule has 0 amide bonds. The van der Waals surface area contributed by atoms with Crippen molar-refractivity contribution in [2.24, 2.45) is 0 Å². The quantitative estimate of drug-likeness (QED) is 0.311. The SMILES string of the molecule is Cl/C(=C\C1=Cc2ccccc2[Te]1(I)I)c1ccccc1. The average Bonchev–Trinajstić information content (AvgIpc) is 2.72. The molecule has 0 nitrogen and oxygen atoms in total. The first-order valence-electron chi connectivity index (χ1n) is 6.05. The fourth-order valence-electron chi connectivity index (χ4n) is 2.11. The van der Waals surface area contributed by atoms with E-state index in [1.165, 1.54) is 12.8 Å². The second kappa shape index (κ2) is 6.29. The summed E-state index contributed by atoms with van der Waals surface area (Å²) >= 11 is 11.9. The summed E-state index contributed by atoms with van der Waals surface area (Å²) in [6.45, 7) is 0. The molecule has 0 bridgehead atoms. The van der Waals surface area contributed by atoms with Crippen LogP contribution in [0.2, 0.25) is 0 Å². The molecule has 2 aromatic carbocycles. The molecular weight excluding hydrogens is 609 g/mol. The van der Waals surface area contributed by atoms with Crippen molar-refractivity contribution >= 4 is 74.0 Å². The van der Waals surface area contributed by atoms with E-state index < -0.39 is 10.3 Å². The summed E-state index contributed by atoms with van der Waals surface area (Å²) in [6.07, 6.45) is 4.47. The minimum absolute atomic E-state index is 0.827. The van der Waals surface area contributed by atoms with Crippen LogP contribution in [0.5, 0.6) is 0 Å². The Balaban J connectivity index is 2.01. The van der Waals surface area contributed by atoms with Crippen LogP contribution in [0.3, 0.4) is 0 Å². The summed E-state index contributed by atoms with van der Waals surface area (Å²) in [4.78, 5) is 0. The molecule has 0 atom stereocenters. The average molecular weight is 620 g/mol. The van der Waals surface area contributed by atoms with Crippen LogP contribution in [-0.2, 0) is 0 Å². The Hall–Kier alpha value is 0.460. The van der Waals surface area contributed by atoms with Gasteiger partial charge in [0.25, 0.3) is 0 Å². The van der Waals surface area contributed by atoms with Gasteiger partial charge >= 0.3 is 149 Å². The molecular formula is C16H11ClI2Te. The van der Waals surface area contributed by atoms with E-state index in [2.05, 4.69) is 85.9 Å². The molecule has 2 aromatic rings. The molecule has 4 heteroatoms. The van der Waals surface area contributed by atoms with Crippen LogP contribution in [0.1, 0.15) is 11.1 Å². The van der Waals surface area contributed by atoms with Crippen LogP contribution in [0.15, 0.2) is 64.3 Å². The molecule has 0 saturated heterocycles. The first kappa shape index (κ1) is 15.4. The number of fused-ring (bicyclic) bond motifs is 1. The second-order valence-electron chi connectivity index (χ2n) is 4.41. The molecule has 3 rings (SSSR count). The van der Waals surface area contributed by atoms with Crippen LogP contribution < -0.4 is 3.61 Å².